The molecular weight excluding hydrogens is 444 g/mol. The molecule has 11 nitrogen and oxygen atoms in total. The first-order chi connectivity index (χ1) is 16.3. The van der Waals surface area contributed by atoms with E-state index in [4.69, 9.17) is 29.2 Å². The maximum atomic E-state index is 12.5. The van der Waals surface area contributed by atoms with Gasteiger partial charge < -0.3 is 40.3 Å². The molecule has 0 bridgehead atoms. The van der Waals surface area contributed by atoms with Gasteiger partial charge in [-0.15, -0.1) is 0 Å². The van der Waals surface area contributed by atoms with Crippen LogP contribution in [0.15, 0.2) is 41.1 Å². The van der Waals surface area contributed by atoms with Crippen molar-refractivity contribution in [1.29, 1.82) is 0 Å². The first kappa shape index (κ1) is 24.4. The zero-order chi connectivity index (χ0) is 24.8. The number of nitrogens with one attached hydrogen (secondary N) is 1. The summed E-state index contributed by atoms with van der Waals surface area (Å²) < 4.78 is 26.9. The fraction of sp³-hybridized carbons (Fsp3) is 0.261. The average Bonchev–Trinajstić information content (AvgIpc) is 3.32. The molecule has 3 aromatic rings. The Bertz CT molecular complexity index is 1170. The van der Waals surface area contributed by atoms with Crippen molar-refractivity contribution in [2.45, 2.75) is 12.5 Å². The number of carbonyl (C=O) groups is 2. The van der Waals surface area contributed by atoms with Gasteiger partial charge in [0.05, 0.1) is 40.5 Å². The van der Waals surface area contributed by atoms with Crippen molar-refractivity contribution >= 4 is 17.5 Å². The average molecular weight is 471 g/mol. The van der Waals surface area contributed by atoms with Crippen LogP contribution in [0.2, 0.25) is 0 Å². The molecule has 0 fully saturated rings. The standard InChI is InChI=1S/C23H26N4O7/c1-30-17-6-5-12(7-16(17)26-23(29)15(24)10-20(25)28)14-11-34-27-21(14)13-8-18(31-2)22(33-4)19(9-13)32-3/h5-9,11,15H,10,24H2,1-4H3,(H2,25,28)(H,26,29)/p+1. The number of hydrogen-bond acceptors (Lipinski definition) is 8. The summed E-state index contributed by atoms with van der Waals surface area (Å²) in [6.45, 7) is 0. The highest BCUT2D eigenvalue weighted by Crippen LogP contribution is 2.43. The van der Waals surface area contributed by atoms with Crippen LogP contribution >= 0.6 is 0 Å². The molecule has 1 aromatic heterocycles. The predicted octanol–water partition coefficient (Wildman–Crippen LogP) is 1.47. The monoisotopic (exact) mass is 471 g/mol. The topological polar surface area (TPSA) is 163 Å². The van der Waals surface area contributed by atoms with Gasteiger partial charge in [0, 0.05) is 11.1 Å². The highest BCUT2D eigenvalue weighted by Gasteiger charge is 2.23. The van der Waals surface area contributed by atoms with E-state index in [1.54, 1.807) is 30.3 Å². The number of primary amides is 1. The lowest BCUT2D eigenvalue weighted by Gasteiger charge is -2.15. The molecule has 1 heterocycles. The van der Waals surface area contributed by atoms with E-state index < -0.39 is 17.9 Å². The fourth-order valence-electron chi connectivity index (χ4n) is 3.41. The third-order valence-corrected chi connectivity index (χ3v) is 5.09. The van der Waals surface area contributed by atoms with Crippen molar-refractivity contribution in [3.63, 3.8) is 0 Å². The van der Waals surface area contributed by atoms with E-state index in [2.05, 4.69) is 16.2 Å². The molecule has 0 radical (unpaired) electrons. The van der Waals surface area contributed by atoms with Crippen LogP contribution in [0.1, 0.15) is 6.42 Å². The molecule has 2 amide bonds. The molecule has 34 heavy (non-hydrogen) atoms. The summed E-state index contributed by atoms with van der Waals surface area (Å²) in [5, 5.41) is 6.89. The summed E-state index contributed by atoms with van der Waals surface area (Å²) in [5.41, 5.74) is 11.8. The van der Waals surface area contributed by atoms with E-state index in [0.29, 0.717) is 51.1 Å². The fourth-order valence-corrected chi connectivity index (χ4v) is 3.41. The lowest BCUT2D eigenvalue weighted by atomic mass is 10.00. The third kappa shape index (κ3) is 5.04. The van der Waals surface area contributed by atoms with Gasteiger partial charge in [0.2, 0.25) is 11.7 Å². The van der Waals surface area contributed by atoms with Gasteiger partial charge >= 0.3 is 0 Å². The maximum Gasteiger partial charge on any atom is 0.283 e. The summed E-state index contributed by atoms with van der Waals surface area (Å²) in [6.07, 6.45) is 1.31. The molecule has 3 rings (SSSR count). The van der Waals surface area contributed by atoms with Crippen molar-refractivity contribution < 1.29 is 38.8 Å². The van der Waals surface area contributed by atoms with Crippen molar-refractivity contribution in [2.24, 2.45) is 5.73 Å². The Balaban J connectivity index is 2.02. The number of methoxy groups -OCH3 is 4. The van der Waals surface area contributed by atoms with Crippen molar-refractivity contribution in [1.82, 2.24) is 5.16 Å². The Hall–Kier alpha value is -4.25. The summed E-state index contributed by atoms with van der Waals surface area (Å²) in [5.74, 6) is 0.717. The molecule has 0 aliphatic rings. The van der Waals surface area contributed by atoms with E-state index in [1.807, 2.05) is 0 Å². The van der Waals surface area contributed by atoms with Gasteiger partial charge in [-0.1, -0.05) is 11.2 Å². The highest BCUT2D eigenvalue weighted by molar-refractivity contribution is 5.98. The number of carbonyl (C=O) groups excluding carboxylic acids is 2. The zero-order valence-electron chi connectivity index (χ0n) is 19.3. The Kier molecular flexibility index (Phi) is 7.59. The number of anilines is 1. The van der Waals surface area contributed by atoms with Crippen molar-refractivity contribution in [2.75, 3.05) is 33.8 Å². The number of quaternary nitrogens is 1. The first-order valence-corrected chi connectivity index (χ1v) is 10.2. The summed E-state index contributed by atoms with van der Waals surface area (Å²) in [6, 6.07) is 7.87. The number of hydrogen-bond donors (Lipinski definition) is 3. The van der Waals surface area contributed by atoms with Crippen molar-refractivity contribution in [3.05, 3.63) is 36.6 Å². The SMILES string of the molecule is COc1ccc(-c2conc2-c2cc(OC)c(OC)c(OC)c2)cc1NC(=O)C([NH3+])CC(N)=O. The molecule has 0 saturated carbocycles. The Morgan fingerprint density at radius 2 is 1.65 bits per heavy atom. The smallest absolute Gasteiger partial charge is 0.283 e. The zero-order valence-corrected chi connectivity index (χ0v) is 19.3. The van der Waals surface area contributed by atoms with Crippen LogP contribution in [0.4, 0.5) is 5.69 Å². The number of nitrogens with two attached hydrogens (primary N) is 1. The molecule has 1 atom stereocenters. The normalized spacial score (nSPS) is 11.4. The number of benzene rings is 2. The Labute approximate surface area is 195 Å². The molecule has 0 aliphatic carbocycles. The molecule has 0 aliphatic heterocycles. The summed E-state index contributed by atoms with van der Waals surface area (Å²) in [4.78, 5) is 23.6. The van der Waals surface area contributed by atoms with Gasteiger partial charge in [0.1, 0.15) is 17.7 Å². The van der Waals surface area contributed by atoms with Crippen LogP contribution in [-0.4, -0.2) is 51.5 Å². The third-order valence-electron chi connectivity index (χ3n) is 5.09. The quantitative estimate of drug-likeness (QED) is 0.400. The van der Waals surface area contributed by atoms with Gasteiger partial charge in [-0.25, -0.2) is 0 Å². The Morgan fingerprint density at radius 1 is 1.00 bits per heavy atom. The number of aromatic nitrogens is 1. The van der Waals surface area contributed by atoms with Gasteiger partial charge in [-0.3, -0.25) is 9.59 Å². The van der Waals surface area contributed by atoms with Crippen LogP contribution < -0.4 is 35.7 Å². The van der Waals surface area contributed by atoms with E-state index >= 15 is 0 Å². The minimum absolute atomic E-state index is 0.176. The van der Waals surface area contributed by atoms with E-state index in [-0.39, 0.29) is 6.42 Å². The number of nitrogens with zero attached hydrogens (tertiary/aromatic N) is 1. The minimum Gasteiger partial charge on any atom is -0.495 e. The van der Waals surface area contributed by atoms with E-state index in [1.165, 1.54) is 34.7 Å². The van der Waals surface area contributed by atoms with Gasteiger partial charge in [-0.05, 0) is 29.8 Å². The van der Waals surface area contributed by atoms with Gasteiger partial charge in [-0.2, -0.15) is 0 Å². The van der Waals surface area contributed by atoms with Crippen LogP contribution in [0.3, 0.4) is 0 Å². The second-order valence-corrected chi connectivity index (χ2v) is 7.26. The molecule has 2 aromatic carbocycles. The predicted molar refractivity (Wildman–Crippen MR) is 123 cm³/mol. The second-order valence-electron chi connectivity index (χ2n) is 7.26. The molecule has 0 saturated heterocycles. The van der Waals surface area contributed by atoms with Crippen molar-refractivity contribution in [3.8, 4) is 45.4 Å². The maximum absolute atomic E-state index is 12.5. The largest absolute Gasteiger partial charge is 0.495 e. The number of ether oxygens (including phenoxy) is 4. The van der Waals surface area contributed by atoms with Crippen LogP contribution in [-0.2, 0) is 9.59 Å². The molecule has 6 N–H and O–H groups in total. The number of rotatable bonds is 10. The van der Waals surface area contributed by atoms with Crippen LogP contribution in [0.5, 0.6) is 23.0 Å². The molecular formula is C23H27N4O7+. The molecule has 1 unspecified atom stereocenters. The molecule has 180 valence electrons. The minimum atomic E-state index is -0.851. The summed E-state index contributed by atoms with van der Waals surface area (Å²) in [7, 11) is 6.06. The number of amides is 2. The molecule has 0 spiro atoms. The summed E-state index contributed by atoms with van der Waals surface area (Å²) >= 11 is 0. The van der Waals surface area contributed by atoms with Crippen LogP contribution in [0, 0.1) is 0 Å². The first-order valence-electron chi connectivity index (χ1n) is 10.2. The lowest BCUT2D eigenvalue weighted by Crippen LogP contribution is -2.67. The van der Waals surface area contributed by atoms with Crippen LogP contribution in [0.25, 0.3) is 22.4 Å². The lowest BCUT2D eigenvalue weighted by molar-refractivity contribution is -0.401. The van der Waals surface area contributed by atoms with Gasteiger partial charge in [0.25, 0.3) is 5.91 Å². The van der Waals surface area contributed by atoms with E-state index in [9.17, 15) is 9.59 Å². The highest BCUT2D eigenvalue weighted by atomic mass is 16.5. The second kappa shape index (κ2) is 10.6. The van der Waals surface area contributed by atoms with Gasteiger partial charge in [0.15, 0.2) is 17.5 Å². The Morgan fingerprint density at radius 3 is 2.21 bits per heavy atom. The van der Waals surface area contributed by atoms with E-state index in [0.717, 1.165) is 0 Å². The molecule has 11 heteroatoms.